The van der Waals surface area contributed by atoms with Gasteiger partial charge in [-0.05, 0) is 19.3 Å². The molecule has 0 aliphatic carbocycles. The number of rotatable bonds is 4. The van der Waals surface area contributed by atoms with Crippen molar-refractivity contribution in [2.45, 2.75) is 25.3 Å². The molecule has 5 heteroatoms. The molecule has 0 spiro atoms. The number of nitrogens with two attached hydrogens (primary N) is 1. The first-order chi connectivity index (χ1) is 7.36. The topological polar surface area (TPSA) is 76.1 Å². The maximum Gasteiger partial charge on any atom is 0.127 e. The number of aliphatic hydroxyl groups excluding tert-OH is 1. The number of aliphatic hydroxyl groups is 1. The van der Waals surface area contributed by atoms with Crippen LogP contribution in [-0.4, -0.2) is 34.6 Å². The predicted octanol–water partition coefficient (Wildman–Crippen LogP) is 0.123. The Hall–Kier alpha value is -1.07. The molecular weight excluding hydrogens is 192 g/mol. The molecule has 15 heavy (non-hydrogen) atoms. The number of fused-ring (bicyclic) bond motifs is 1. The third kappa shape index (κ3) is 1.98. The van der Waals surface area contributed by atoms with E-state index in [9.17, 15) is 0 Å². The number of anilines is 1. The SMILES string of the molecule is NCC1CCNc2c(CCCO)cnn21. The highest BCUT2D eigenvalue weighted by Gasteiger charge is 2.21. The van der Waals surface area contributed by atoms with E-state index in [-0.39, 0.29) is 6.61 Å². The van der Waals surface area contributed by atoms with Crippen molar-refractivity contribution < 1.29 is 5.11 Å². The lowest BCUT2D eigenvalue weighted by molar-refractivity contribution is 0.288. The van der Waals surface area contributed by atoms with Crippen LogP contribution < -0.4 is 11.1 Å². The van der Waals surface area contributed by atoms with Crippen molar-refractivity contribution in [2.24, 2.45) is 5.73 Å². The molecule has 84 valence electrons. The standard InChI is InChI=1S/C10H18N4O/c11-6-9-3-4-12-10-8(2-1-5-15)7-13-14(9)10/h7,9,12,15H,1-6,11H2. The first-order valence-corrected chi connectivity index (χ1v) is 5.48. The molecule has 1 aliphatic rings. The molecule has 1 aromatic rings. The summed E-state index contributed by atoms with van der Waals surface area (Å²) in [6, 6.07) is 0.323. The first kappa shape index (κ1) is 10.4. The molecule has 0 saturated heterocycles. The zero-order valence-corrected chi connectivity index (χ0v) is 8.82. The van der Waals surface area contributed by atoms with Gasteiger partial charge < -0.3 is 16.2 Å². The van der Waals surface area contributed by atoms with Crippen molar-refractivity contribution >= 4 is 5.82 Å². The van der Waals surface area contributed by atoms with E-state index in [0.717, 1.165) is 31.6 Å². The molecule has 2 heterocycles. The summed E-state index contributed by atoms with van der Waals surface area (Å²) < 4.78 is 1.98. The fourth-order valence-corrected chi connectivity index (χ4v) is 2.02. The van der Waals surface area contributed by atoms with Crippen LogP contribution in [0.15, 0.2) is 6.20 Å². The highest BCUT2D eigenvalue weighted by molar-refractivity contribution is 5.45. The molecule has 0 saturated carbocycles. The van der Waals surface area contributed by atoms with Crippen LogP contribution in [0.5, 0.6) is 0 Å². The van der Waals surface area contributed by atoms with Gasteiger partial charge >= 0.3 is 0 Å². The number of aromatic nitrogens is 2. The molecule has 0 radical (unpaired) electrons. The van der Waals surface area contributed by atoms with E-state index in [1.165, 1.54) is 5.56 Å². The van der Waals surface area contributed by atoms with Gasteiger partial charge in [-0.2, -0.15) is 5.10 Å². The van der Waals surface area contributed by atoms with Gasteiger partial charge in [0.1, 0.15) is 5.82 Å². The normalized spacial score (nSPS) is 19.7. The second-order valence-corrected chi connectivity index (χ2v) is 3.90. The van der Waals surface area contributed by atoms with Crippen LogP contribution in [0.1, 0.15) is 24.4 Å². The lowest BCUT2D eigenvalue weighted by Gasteiger charge is -2.25. The van der Waals surface area contributed by atoms with Crippen LogP contribution in [0.2, 0.25) is 0 Å². The minimum atomic E-state index is 0.227. The predicted molar refractivity (Wildman–Crippen MR) is 58.8 cm³/mol. The van der Waals surface area contributed by atoms with Crippen molar-refractivity contribution in [3.05, 3.63) is 11.8 Å². The van der Waals surface area contributed by atoms with Crippen molar-refractivity contribution in [1.82, 2.24) is 9.78 Å². The van der Waals surface area contributed by atoms with Gasteiger partial charge in [0, 0.05) is 25.3 Å². The number of hydrogen-bond donors (Lipinski definition) is 3. The zero-order valence-electron chi connectivity index (χ0n) is 8.82. The van der Waals surface area contributed by atoms with Gasteiger partial charge in [0.25, 0.3) is 0 Å². The maximum atomic E-state index is 8.80. The van der Waals surface area contributed by atoms with E-state index in [4.69, 9.17) is 10.8 Å². The summed E-state index contributed by atoms with van der Waals surface area (Å²) in [4.78, 5) is 0. The molecule has 0 fully saturated rings. The molecule has 0 aromatic carbocycles. The monoisotopic (exact) mass is 210 g/mol. The summed E-state index contributed by atoms with van der Waals surface area (Å²) in [6.45, 7) is 1.82. The highest BCUT2D eigenvalue weighted by Crippen LogP contribution is 2.26. The summed E-state index contributed by atoms with van der Waals surface area (Å²) in [6.07, 6.45) is 4.57. The molecule has 1 unspecified atom stereocenters. The average molecular weight is 210 g/mol. The third-order valence-electron chi connectivity index (χ3n) is 2.86. The lowest BCUT2D eigenvalue weighted by Crippen LogP contribution is -2.29. The first-order valence-electron chi connectivity index (χ1n) is 5.48. The van der Waals surface area contributed by atoms with E-state index >= 15 is 0 Å². The summed E-state index contributed by atoms with van der Waals surface area (Å²) in [5.74, 6) is 1.09. The number of nitrogens with zero attached hydrogens (tertiary/aromatic N) is 2. The third-order valence-corrected chi connectivity index (χ3v) is 2.86. The van der Waals surface area contributed by atoms with Gasteiger partial charge in [-0.3, -0.25) is 0 Å². The van der Waals surface area contributed by atoms with Crippen molar-refractivity contribution in [3.63, 3.8) is 0 Å². The Morgan fingerprint density at radius 3 is 3.27 bits per heavy atom. The maximum absolute atomic E-state index is 8.80. The number of hydrogen-bond acceptors (Lipinski definition) is 4. The van der Waals surface area contributed by atoms with Gasteiger partial charge in [-0.25, -0.2) is 4.68 Å². The van der Waals surface area contributed by atoms with Gasteiger partial charge in [0.15, 0.2) is 0 Å². The molecule has 1 aromatic heterocycles. The lowest BCUT2D eigenvalue weighted by atomic mass is 10.1. The molecule has 0 bridgehead atoms. The van der Waals surface area contributed by atoms with Crippen molar-refractivity contribution in [1.29, 1.82) is 0 Å². The van der Waals surface area contributed by atoms with E-state index in [1.54, 1.807) is 0 Å². The van der Waals surface area contributed by atoms with Gasteiger partial charge in [-0.1, -0.05) is 0 Å². The summed E-state index contributed by atoms with van der Waals surface area (Å²) >= 11 is 0. The van der Waals surface area contributed by atoms with Gasteiger partial charge in [0.2, 0.25) is 0 Å². The Morgan fingerprint density at radius 2 is 2.53 bits per heavy atom. The Balaban J connectivity index is 2.18. The van der Waals surface area contributed by atoms with Gasteiger partial charge in [-0.15, -0.1) is 0 Å². The fraction of sp³-hybridized carbons (Fsp3) is 0.700. The van der Waals surface area contributed by atoms with E-state index in [1.807, 2.05) is 10.9 Å². The van der Waals surface area contributed by atoms with Crippen LogP contribution >= 0.6 is 0 Å². The zero-order chi connectivity index (χ0) is 10.7. The minimum absolute atomic E-state index is 0.227. The molecule has 1 atom stereocenters. The average Bonchev–Trinajstić information content (AvgIpc) is 2.69. The molecule has 4 N–H and O–H groups in total. The quantitative estimate of drug-likeness (QED) is 0.660. The molecule has 2 rings (SSSR count). The molecule has 0 amide bonds. The molecule has 1 aliphatic heterocycles. The minimum Gasteiger partial charge on any atom is -0.396 e. The second kappa shape index (κ2) is 4.63. The second-order valence-electron chi connectivity index (χ2n) is 3.90. The van der Waals surface area contributed by atoms with Crippen molar-refractivity contribution in [2.75, 3.05) is 25.0 Å². The molecular formula is C10H18N4O. The Bertz CT molecular complexity index is 323. The summed E-state index contributed by atoms with van der Waals surface area (Å²) in [5.41, 5.74) is 6.88. The number of nitrogens with one attached hydrogen (secondary N) is 1. The van der Waals surface area contributed by atoms with E-state index in [2.05, 4.69) is 10.4 Å². The van der Waals surface area contributed by atoms with Crippen LogP contribution in [0.25, 0.3) is 0 Å². The fourth-order valence-electron chi connectivity index (χ4n) is 2.02. The van der Waals surface area contributed by atoms with Crippen LogP contribution in [0, 0.1) is 0 Å². The van der Waals surface area contributed by atoms with E-state index < -0.39 is 0 Å². The van der Waals surface area contributed by atoms with Gasteiger partial charge in [0.05, 0.1) is 12.2 Å². The van der Waals surface area contributed by atoms with Crippen molar-refractivity contribution in [3.8, 4) is 0 Å². The largest absolute Gasteiger partial charge is 0.396 e. The smallest absolute Gasteiger partial charge is 0.127 e. The summed E-state index contributed by atoms with van der Waals surface area (Å²) in [7, 11) is 0. The molecule has 5 nitrogen and oxygen atoms in total. The Labute approximate surface area is 89.3 Å². The summed E-state index contributed by atoms with van der Waals surface area (Å²) in [5, 5.41) is 16.5. The van der Waals surface area contributed by atoms with E-state index in [0.29, 0.717) is 12.6 Å². The van der Waals surface area contributed by atoms with Crippen LogP contribution in [0.4, 0.5) is 5.82 Å². The number of aryl methyl sites for hydroxylation is 1. The van der Waals surface area contributed by atoms with Crippen LogP contribution in [0.3, 0.4) is 0 Å². The Morgan fingerprint density at radius 1 is 1.67 bits per heavy atom. The Kier molecular flexibility index (Phi) is 3.23. The van der Waals surface area contributed by atoms with Crippen LogP contribution in [-0.2, 0) is 6.42 Å². The highest BCUT2D eigenvalue weighted by atomic mass is 16.2.